The number of carbonyl (C=O) groups is 2. The zero-order valence-corrected chi connectivity index (χ0v) is 13.0. The summed E-state index contributed by atoms with van der Waals surface area (Å²) in [5.41, 5.74) is 2.75. The molecule has 1 atom stereocenters. The van der Waals surface area contributed by atoms with Gasteiger partial charge in [0.05, 0.1) is 6.04 Å². The van der Waals surface area contributed by atoms with Gasteiger partial charge in [-0.15, -0.1) is 0 Å². The summed E-state index contributed by atoms with van der Waals surface area (Å²) in [5, 5.41) is 5.62. The molecule has 118 valence electrons. The molecule has 1 aliphatic rings. The van der Waals surface area contributed by atoms with Crippen LogP contribution in [0, 0.1) is 6.92 Å². The molecule has 3 amide bonds. The van der Waals surface area contributed by atoms with Gasteiger partial charge < -0.3 is 15.5 Å². The topological polar surface area (TPSA) is 61.4 Å². The van der Waals surface area contributed by atoms with Gasteiger partial charge in [0.25, 0.3) is 0 Å². The Bertz CT molecular complexity index is 698. The molecule has 3 rings (SSSR count). The van der Waals surface area contributed by atoms with Crippen molar-refractivity contribution in [1.29, 1.82) is 0 Å². The Kier molecular flexibility index (Phi) is 4.28. The maximum Gasteiger partial charge on any atom is 0.319 e. The maximum atomic E-state index is 12.2. The molecule has 1 fully saturated rings. The number of amides is 3. The van der Waals surface area contributed by atoms with Crippen LogP contribution in [0.4, 0.5) is 16.2 Å². The second kappa shape index (κ2) is 6.52. The Morgan fingerprint density at radius 3 is 2.48 bits per heavy atom. The predicted molar refractivity (Wildman–Crippen MR) is 90.5 cm³/mol. The van der Waals surface area contributed by atoms with Crippen LogP contribution in [0.2, 0.25) is 0 Å². The van der Waals surface area contributed by atoms with Crippen LogP contribution in [0.1, 0.15) is 12.0 Å². The first kappa shape index (κ1) is 15.1. The monoisotopic (exact) mass is 309 g/mol. The standard InChI is InChI=1S/C18H19N3O2/c1-13-7-9-16(10-8-13)21-12-15(11-17(21)22)20-18(23)19-14-5-3-2-4-6-14/h2-10,15H,11-12H2,1H3,(H2,19,20,23). The van der Waals surface area contributed by atoms with E-state index in [9.17, 15) is 9.59 Å². The van der Waals surface area contributed by atoms with E-state index in [1.54, 1.807) is 4.90 Å². The average molecular weight is 309 g/mol. The molecular weight excluding hydrogens is 290 g/mol. The average Bonchev–Trinajstić information content (AvgIpc) is 2.89. The number of rotatable bonds is 3. The normalized spacial score (nSPS) is 17.2. The highest BCUT2D eigenvalue weighted by Gasteiger charge is 2.31. The SMILES string of the molecule is Cc1ccc(N2CC(NC(=O)Nc3ccccc3)CC2=O)cc1. The lowest BCUT2D eigenvalue weighted by molar-refractivity contribution is -0.117. The molecule has 0 saturated carbocycles. The van der Waals surface area contributed by atoms with Crippen molar-refractivity contribution in [3.8, 4) is 0 Å². The van der Waals surface area contributed by atoms with Crippen LogP contribution < -0.4 is 15.5 Å². The molecule has 0 radical (unpaired) electrons. The first-order valence-corrected chi connectivity index (χ1v) is 7.61. The van der Waals surface area contributed by atoms with Crippen molar-refractivity contribution in [2.24, 2.45) is 0 Å². The maximum absolute atomic E-state index is 12.2. The summed E-state index contributed by atoms with van der Waals surface area (Å²) in [6.07, 6.45) is 0.316. The van der Waals surface area contributed by atoms with Crippen molar-refractivity contribution in [2.75, 3.05) is 16.8 Å². The summed E-state index contributed by atoms with van der Waals surface area (Å²) in [6, 6.07) is 16.6. The lowest BCUT2D eigenvalue weighted by Crippen LogP contribution is -2.39. The van der Waals surface area contributed by atoms with Gasteiger partial charge in [-0.05, 0) is 31.2 Å². The largest absolute Gasteiger partial charge is 0.333 e. The zero-order chi connectivity index (χ0) is 16.2. The molecule has 0 aromatic heterocycles. The number of hydrogen-bond acceptors (Lipinski definition) is 2. The van der Waals surface area contributed by atoms with Crippen LogP contribution in [0.25, 0.3) is 0 Å². The van der Waals surface area contributed by atoms with E-state index in [1.807, 2.05) is 61.5 Å². The smallest absolute Gasteiger partial charge is 0.319 e. The van der Waals surface area contributed by atoms with E-state index < -0.39 is 0 Å². The van der Waals surface area contributed by atoms with Crippen LogP contribution in [0.5, 0.6) is 0 Å². The highest BCUT2D eigenvalue weighted by atomic mass is 16.2. The van der Waals surface area contributed by atoms with Crippen molar-refractivity contribution in [1.82, 2.24) is 5.32 Å². The summed E-state index contributed by atoms with van der Waals surface area (Å²) in [4.78, 5) is 25.9. The van der Waals surface area contributed by atoms with Gasteiger partial charge in [0.1, 0.15) is 0 Å². The van der Waals surface area contributed by atoms with E-state index in [4.69, 9.17) is 0 Å². The molecule has 1 heterocycles. The second-order valence-electron chi connectivity index (χ2n) is 5.71. The van der Waals surface area contributed by atoms with E-state index in [2.05, 4.69) is 10.6 Å². The number of benzene rings is 2. The number of hydrogen-bond donors (Lipinski definition) is 2. The number of anilines is 2. The number of carbonyl (C=O) groups excluding carboxylic acids is 2. The van der Waals surface area contributed by atoms with Crippen LogP contribution in [0.15, 0.2) is 54.6 Å². The summed E-state index contributed by atoms with van der Waals surface area (Å²) < 4.78 is 0. The van der Waals surface area contributed by atoms with Gasteiger partial charge in [-0.3, -0.25) is 4.79 Å². The molecule has 1 unspecified atom stereocenters. The minimum atomic E-state index is -0.292. The van der Waals surface area contributed by atoms with Gasteiger partial charge in [-0.1, -0.05) is 35.9 Å². The Labute approximate surface area is 135 Å². The van der Waals surface area contributed by atoms with E-state index in [-0.39, 0.29) is 18.0 Å². The lowest BCUT2D eigenvalue weighted by Gasteiger charge is -2.17. The molecule has 0 aliphatic carbocycles. The van der Waals surface area contributed by atoms with Gasteiger partial charge in [-0.2, -0.15) is 0 Å². The summed E-state index contributed by atoms with van der Waals surface area (Å²) >= 11 is 0. The first-order chi connectivity index (χ1) is 11.1. The van der Waals surface area contributed by atoms with E-state index in [0.29, 0.717) is 13.0 Å². The fraction of sp³-hybridized carbons (Fsp3) is 0.222. The summed E-state index contributed by atoms with van der Waals surface area (Å²) in [7, 11) is 0. The zero-order valence-electron chi connectivity index (χ0n) is 13.0. The first-order valence-electron chi connectivity index (χ1n) is 7.61. The molecule has 1 aliphatic heterocycles. The van der Waals surface area contributed by atoms with Crippen LogP contribution >= 0.6 is 0 Å². The number of nitrogens with zero attached hydrogens (tertiary/aromatic N) is 1. The quantitative estimate of drug-likeness (QED) is 0.916. The molecule has 5 heteroatoms. The van der Waals surface area contributed by atoms with Crippen molar-refractivity contribution in [3.63, 3.8) is 0 Å². The third-order valence-electron chi connectivity index (χ3n) is 3.84. The van der Waals surface area contributed by atoms with E-state index in [0.717, 1.165) is 16.9 Å². The van der Waals surface area contributed by atoms with E-state index >= 15 is 0 Å². The van der Waals surface area contributed by atoms with Crippen LogP contribution in [-0.4, -0.2) is 24.5 Å². The highest BCUT2D eigenvalue weighted by molar-refractivity contribution is 5.97. The fourth-order valence-electron chi connectivity index (χ4n) is 2.65. The Balaban J connectivity index is 1.59. The molecule has 2 aromatic rings. The highest BCUT2D eigenvalue weighted by Crippen LogP contribution is 2.22. The molecule has 1 saturated heterocycles. The number of urea groups is 1. The van der Waals surface area contributed by atoms with E-state index in [1.165, 1.54) is 0 Å². The molecular formula is C18H19N3O2. The van der Waals surface area contributed by atoms with Gasteiger partial charge in [0.15, 0.2) is 0 Å². The molecule has 23 heavy (non-hydrogen) atoms. The second-order valence-corrected chi connectivity index (χ2v) is 5.71. The fourth-order valence-corrected chi connectivity index (χ4v) is 2.65. The molecule has 5 nitrogen and oxygen atoms in total. The van der Waals surface area contributed by atoms with Crippen molar-refractivity contribution in [3.05, 3.63) is 60.2 Å². The van der Waals surface area contributed by atoms with Gasteiger partial charge in [0, 0.05) is 24.3 Å². The van der Waals surface area contributed by atoms with Crippen LogP contribution in [0.3, 0.4) is 0 Å². The van der Waals surface area contributed by atoms with Crippen molar-refractivity contribution < 1.29 is 9.59 Å². The molecule has 0 bridgehead atoms. The number of para-hydroxylation sites is 1. The third kappa shape index (κ3) is 3.69. The minimum Gasteiger partial charge on any atom is -0.333 e. The Morgan fingerprint density at radius 1 is 1.09 bits per heavy atom. The molecule has 2 N–H and O–H groups in total. The predicted octanol–water partition coefficient (Wildman–Crippen LogP) is 2.92. The Morgan fingerprint density at radius 2 is 1.78 bits per heavy atom. The molecule has 2 aromatic carbocycles. The summed E-state index contributed by atoms with van der Waals surface area (Å²) in [5.74, 6) is 0.0267. The van der Waals surface area contributed by atoms with Gasteiger partial charge in [0.2, 0.25) is 5.91 Å². The van der Waals surface area contributed by atoms with Crippen LogP contribution in [-0.2, 0) is 4.79 Å². The van der Waals surface area contributed by atoms with Crippen molar-refractivity contribution in [2.45, 2.75) is 19.4 Å². The number of nitrogens with one attached hydrogen (secondary N) is 2. The van der Waals surface area contributed by atoms with Gasteiger partial charge in [-0.25, -0.2) is 4.79 Å². The summed E-state index contributed by atoms with van der Waals surface area (Å²) in [6.45, 7) is 2.50. The molecule has 0 spiro atoms. The Hall–Kier alpha value is -2.82. The van der Waals surface area contributed by atoms with Gasteiger partial charge >= 0.3 is 6.03 Å². The number of aryl methyl sites for hydroxylation is 1. The third-order valence-corrected chi connectivity index (χ3v) is 3.84. The lowest BCUT2D eigenvalue weighted by atomic mass is 10.2. The van der Waals surface area contributed by atoms with Crippen molar-refractivity contribution >= 4 is 23.3 Å². The minimum absolute atomic E-state index is 0.0267.